The van der Waals surface area contributed by atoms with Crippen molar-refractivity contribution in [1.82, 2.24) is 4.90 Å². The lowest BCUT2D eigenvalue weighted by atomic mass is 10.1. The molecule has 1 unspecified atom stereocenters. The zero-order chi connectivity index (χ0) is 14.6. The second kappa shape index (κ2) is 6.61. The van der Waals surface area contributed by atoms with Crippen molar-refractivity contribution >= 4 is 33.4 Å². The number of nitrogens with zero attached hydrogens (tertiary/aromatic N) is 1. The summed E-state index contributed by atoms with van der Waals surface area (Å²) in [6.07, 6.45) is -4.45. The van der Waals surface area contributed by atoms with E-state index >= 15 is 0 Å². The maximum Gasteiger partial charge on any atom is 0.408 e. The van der Waals surface area contributed by atoms with Crippen molar-refractivity contribution in [2.75, 3.05) is 5.33 Å². The number of amides is 1. The van der Waals surface area contributed by atoms with Crippen LogP contribution in [0.15, 0.2) is 24.3 Å². The highest BCUT2D eigenvalue weighted by Crippen LogP contribution is 2.26. The topological polar surface area (TPSA) is 20.3 Å². The first-order valence-electron chi connectivity index (χ1n) is 5.42. The Morgan fingerprint density at radius 3 is 2.32 bits per heavy atom. The van der Waals surface area contributed by atoms with Crippen LogP contribution in [0.25, 0.3) is 0 Å². The van der Waals surface area contributed by atoms with E-state index in [4.69, 9.17) is 11.6 Å². The lowest BCUT2D eigenvalue weighted by Gasteiger charge is -2.30. The summed E-state index contributed by atoms with van der Waals surface area (Å²) in [5.41, 5.74) is 0.592. The molecule has 0 radical (unpaired) electrons. The summed E-state index contributed by atoms with van der Waals surface area (Å²) in [6.45, 7) is 0.860. The van der Waals surface area contributed by atoms with Gasteiger partial charge in [0.2, 0.25) is 5.91 Å². The van der Waals surface area contributed by atoms with E-state index in [0.29, 0.717) is 10.6 Å². The van der Waals surface area contributed by atoms with E-state index in [-0.39, 0.29) is 11.9 Å². The molecular weight excluding hydrogens is 346 g/mol. The smallest absolute Gasteiger partial charge is 0.326 e. The van der Waals surface area contributed by atoms with Gasteiger partial charge in [0.25, 0.3) is 0 Å². The minimum absolute atomic E-state index is 0.109. The molecule has 2 nitrogen and oxygen atoms in total. The third-order valence-electron chi connectivity index (χ3n) is 2.64. The van der Waals surface area contributed by atoms with Crippen molar-refractivity contribution in [2.45, 2.75) is 25.7 Å². The van der Waals surface area contributed by atoms with E-state index in [1.54, 1.807) is 24.3 Å². The van der Waals surface area contributed by atoms with E-state index in [2.05, 4.69) is 15.9 Å². The normalized spacial score (nSPS) is 13.2. The largest absolute Gasteiger partial charge is 0.408 e. The van der Waals surface area contributed by atoms with Gasteiger partial charge in [-0.3, -0.25) is 4.79 Å². The van der Waals surface area contributed by atoms with Gasteiger partial charge in [0.05, 0.1) is 5.33 Å². The van der Waals surface area contributed by atoms with Crippen molar-refractivity contribution in [3.63, 3.8) is 0 Å². The van der Waals surface area contributed by atoms with Crippen LogP contribution >= 0.6 is 27.5 Å². The molecule has 0 heterocycles. The highest BCUT2D eigenvalue weighted by Gasteiger charge is 2.41. The SMILES string of the molecule is CC(N(Cc1ccc(Cl)cc1)C(=O)CBr)C(F)(F)F. The van der Waals surface area contributed by atoms with E-state index in [1.165, 1.54) is 0 Å². The third-order valence-corrected chi connectivity index (χ3v) is 3.37. The van der Waals surface area contributed by atoms with Crippen LogP contribution in [-0.2, 0) is 11.3 Å². The molecule has 0 aliphatic heterocycles. The van der Waals surface area contributed by atoms with Crippen LogP contribution in [0.1, 0.15) is 12.5 Å². The van der Waals surface area contributed by atoms with Crippen LogP contribution in [0.2, 0.25) is 5.02 Å². The lowest BCUT2D eigenvalue weighted by Crippen LogP contribution is -2.47. The number of hydrogen-bond acceptors (Lipinski definition) is 1. The average molecular weight is 359 g/mol. The van der Waals surface area contributed by atoms with Crippen LogP contribution in [0.5, 0.6) is 0 Å². The molecular formula is C12H12BrClF3NO. The predicted octanol–water partition coefficient (Wildman–Crippen LogP) is 4.01. The Morgan fingerprint density at radius 2 is 1.89 bits per heavy atom. The molecule has 0 aliphatic rings. The Labute approximate surface area is 122 Å². The highest BCUT2D eigenvalue weighted by atomic mass is 79.9. The molecule has 0 saturated heterocycles. The van der Waals surface area contributed by atoms with Crippen molar-refractivity contribution in [1.29, 1.82) is 0 Å². The molecule has 106 valence electrons. The number of hydrogen-bond donors (Lipinski definition) is 0. The molecule has 0 bridgehead atoms. The molecule has 1 aromatic rings. The Hall–Kier alpha value is -0.750. The molecule has 1 amide bonds. The first-order chi connectivity index (χ1) is 8.75. The van der Waals surface area contributed by atoms with Gasteiger partial charge in [-0.2, -0.15) is 13.2 Å². The molecule has 0 spiro atoms. The van der Waals surface area contributed by atoms with E-state index in [9.17, 15) is 18.0 Å². The number of alkyl halides is 4. The van der Waals surface area contributed by atoms with Crippen molar-refractivity contribution in [3.8, 4) is 0 Å². The predicted molar refractivity (Wildman–Crippen MR) is 71.3 cm³/mol. The molecule has 7 heteroatoms. The Balaban J connectivity index is 2.92. The quantitative estimate of drug-likeness (QED) is 0.745. The number of rotatable bonds is 4. The Bertz CT molecular complexity index is 436. The molecule has 0 aliphatic carbocycles. The van der Waals surface area contributed by atoms with Gasteiger partial charge in [0, 0.05) is 11.6 Å². The van der Waals surface area contributed by atoms with E-state index in [0.717, 1.165) is 11.8 Å². The second-order valence-corrected chi connectivity index (χ2v) is 5.00. The maximum atomic E-state index is 12.7. The van der Waals surface area contributed by atoms with Gasteiger partial charge in [-0.1, -0.05) is 39.7 Å². The minimum atomic E-state index is -4.45. The maximum absolute atomic E-state index is 12.7. The first kappa shape index (κ1) is 16.3. The van der Waals surface area contributed by atoms with Gasteiger partial charge in [0.15, 0.2) is 0 Å². The molecule has 0 saturated carbocycles. The van der Waals surface area contributed by atoms with Gasteiger partial charge in [-0.15, -0.1) is 0 Å². The van der Waals surface area contributed by atoms with Crippen LogP contribution in [0, 0.1) is 0 Å². The third kappa shape index (κ3) is 4.69. The van der Waals surface area contributed by atoms with Crippen LogP contribution in [-0.4, -0.2) is 28.4 Å². The van der Waals surface area contributed by atoms with Crippen LogP contribution < -0.4 is 0 Å². The molecule has 1 aromatic carbocycles. The summed E-state index contributed by atoms with van der Waals surface area (Å²) in [4.78, 5) is 12.4. The molecule has 0 fully saturated rings. The fourth-order valence-electron chi connectivity index (χ4n) is 1.48. The monoisotopic (exact) mass is 357 g/mol. The molecule has 0 aromatic heterocycles. The number of halogens is 5. The Kier molecular flexibility index (Phi) is 5.67. The first-order valence-corrected chi connectivity index (χ1v) is 6.92. The summed E-state index contributed by atoms with van der Waals surface area (Å²) in [7, 11) is 0. The zero-order valence-electron chi connectivity index (χ0n) is 10.0. The summed E-state index contributed by atoms with van der Waals surface area (Å²) >= 11 is 8.60. The van der Waals surface area contributed by atoms with Crippen LogP contribution in [0.3, 0.4) is 0 Å². The second-order valence-electron chi connectivity index (χ2n) is 4.00. The molecule has 1 rings (SSSR count). The molecule has 19 heavy (non-hydrogen) atoms. The minimum Gasteiger partial charge on any atom is -0.326 e. The van der Waals surface area contributed by atoms with Crippen molar-refractivity contribution in [2.24, 2.45) is 0 Å². The summed E-state index contributed by atoms with van der Waals surface area (Å²) in [6, 6.07) is 4.51. The number of benzene rings is 1. The van der Waals surface area contributed by atoms with Crippen LogP contribution in [0.4, 0.5) is 13.2 Å². The van der Waals surface area contributed by atoms with Crippen molar-refractivity contribution < 1.29 is 18.0 Å². The van der Waals surface area contributed by atoms with E-state index in [1.807, 2.05) is 0 Å². The van der Waals surface area contributed by atoms with E-state index < -0.39 is 18.1 Å². The van der Waals surface area contributed by atoms with Crippen molar-refractivity contribution in [3.05, 3.63) is 34.9 Å². The highest BCUT2D eigenvalue weighted by molar-refractivity contribution is 9.09. The number of carbonyl (C=O) groups is 1. The molecule has 1 atom stereocenters. The summed E-state index contributed by atoms with van der Waals surface area (Å²) in [5.74, 6) is -0.611. The van der Waals surface area contributed by atoms with Gasteiger partial charge >= 0.3 is 6.18 Å². The van der Waals surface area contributed by atoms with Gasteiger partial charge < -0.3 is 4.90 Å². The lowest BCUT2D eigenvalue weighted by molar-refractivity contribution is -0.186. The summed E-state index contributed by atoms with van der Waals surface area (Å²) < 4.78 is 38.2. The Morgan fingerprint density at radius 1 is 1.37 bits per heavy atom. The molecule has 0 N–H and O–H groups in total. The average Bonchev–Trinajstić information content (AvgIpc) is 2.35. The number of carbonyl (C=O) groups excluding carboxylic acids is 1. The summed E-state index contributed by atoms with van der Waals surface area (Å²) in [5, 5.41) is 0.340. The standard InChI is InChI=1S/C12H12BrClF3NO/c1-8(12(15,16)17)18(11(19)6-13)7-9-2-4-10(14)5-3-9/h2-5,8H,6-7H2,1H3. The van der Waals surface area contributed by atoms with Gasteiger partial charge in [-0.05, 0) is 24.6 Å². The van der Waals surface area contributed by atoms with Gasteiger partial charge in [-0.25, -0.2) is 0 Å². The zero-order valence-corrected chi connectivity index (χ0v) is 12.4. The fraction of sp³-hybridized carbons (Fsp3) is 0.417. The van der Waals surface area contributed by atoms with Gasteiger partial charge in [0.1, 0.15) is 6.04 Å². The fourth-order valence-corrected chi connectivity index (χ4v) is 1.93.